The van der Waals surface area contributed by atoms with E-state index in [9.17, 15) is 0 Å². The first-order valence-corrected chi connectivity index (χ1v) is 3.43. The summed E-state index contributed by atoms with van der Waals surface area (Å²) in [6, 6.07) is 0. The average molecular weight is 94.2 g/mol. The Labute approximate surface area is 43.9 Å². The Morgan fingerprint density at radius 1 is 1.14 bits per heavy atom. The van der Waals surface area contributed by atoms with Crippen LogP contribution in [0.3, 0.4) is 0 Å². The molecule has 7 heavy (non-hydrogen) atoms. The van der Waals surface area contributed by atoms with E-state index < -0.39 is 0 Å². The Kier molecular flexibility index (Phi) is 0.260. The standard InChI is InChI=1S/C7H10/c1-2-7(3-1)5-4-6(5)7/h5-6H,1-4H2. The monoisotopic (exact) mass is 94.1 g/mol. The molecule has 1 spiro atoms. The molecule has 2 unspecified atom stereocenters. The summed E-state index contributed by atoms with van der Waals surface area (Å²) in [6.45, 7) is 0. The molecule has 0 radical (unpaired) electrons. The maximum atomic E-state index is 1.61. The fourth-order valence-corrected chi connectivity index (χ4v) is 2.50. The lowest BCUT2D eigenvalue weighted by atomic mass is 9.74. The van der Waals surface area contributed by atoms with Gasteiger partial charge in [-0.1, -0.05) is 6.42 Å². The number of hydrogen-bond acceptors (Lipinski definition) is 0. The third-order valence-electron chi connectivity index (χ3n) is 3.44. The fourth-order valence-electron chi connectivity index (χ4n) is 2.50. The van der Waals surface area contributed by atoms with Crippen LogP contribution in [0.1, 0.15) is 25.7 Å². The van der Waals surface area contributed by atoms with Gasteiger partial charge in [-0.2, -0.15) is 0 Å². The molecule has 0 bridgehead atoms. The first-order chi connectivity index (χ1) is 3.43. The van der Waals surface area contributed by atoms with Crippen LogP contribution < -0.4 is 0 Å². The van der Waals surface area contributed by atoms with E-state index in [1.807, 2.05) is 0 Å². The highest BCUT2D eigenvalue weighted by atomic mass is 14.8. The van der Waals surface area contributed by atoms with Gasteiger partial charge in [-0.3, -0.25) is 0 Å². The van der Waals surface area contributed by atoms with Gasteiger partial charge in [-0.05, 0) is 36.5 Å². The highest BCUT2D eigenvalue weighted by Gasteiger charge is 2.77. The van der Waals surface area contributed by atoms with Crippen molar-refractivity contribution in [2.24, 2.45) is 17.3 Å². The summed E-state index contributed by atoms with van der Waals surface area (Å²) in [5, 5.41) is 0. The third-order valence-corrected chi connectivity index (χ3v) is 3.44. The zero-order valence-electron chi connectivity index (χ0n) is 4.48. The van der Waals surface area contributed by atoms with Gasteiger partial charge in [0.05, 0.1) is 0 Å². The molecule has 0 aliphatic heterocycles. The Hall–Kier alpha value is 0. The Bertz CT molecular complexity index is 112. The van der Waals surface area contributed by atoms with E-state index in [1.54, 1.807) is 25.7 Å². The summed E-state index contributed by atoms with van der Waals surface area (Å²) in [5.74, 6) is 2.53. The predicted octanol–water partition coefficient (Wildman–Crippen LogP) is 1.81. The smallest absolute Gasteiger partial charge is 0.0235 e. The van der Waals surface area contributed by atoms with Crippen LogP contribution in [0, 0.1) is 17.3 Å². The average Bonchev–Trinajstić information content (AvgIpc) is 1.97. The van der Waals surface area contributed by atoms with Crippen molar-refractivity contribution in [3.63, 3.8) is 0 Å². The molecule has 0 nitrogen and oxygen atoms in total. The molecule has 0 heterocycles. The minimum atomic E-state index is 1.03. The quantitative estimate of drug-likeness (QED) is 0.429. The van der Waals surface area contributed by atoms with E-state index in [4.69, 9.17) is 0 Å². The molecule has 0 aromatic rings. The lowest BCUT2D eigenvalue weighted by Gasteiger charge is -2.31. The normalized spacial score (nSPS) is 58.3. The SMILES string of the molecule is C1CC2(C1)C1CC12. The zero-order valence-corrected chi connectivity index (χ0v) is 4.48. The lowest BCUT2D eigenvalue weighted by molar-refractivity contribution is 0.199. The van der Waals surface area contributed by atoms with Crippen molar-refractivity contribution < 1.29 is 0 Å². The van der Waals surface area contributed by atoms with Crippen LogP contribution in [0.15, 0.2) is 0 Å². The molecular formula is C7H10. The molecule has 3 aliphatic carbocycles. The van der Waals surface area contributed by atoms with Crippen LogP contribution in [0.5, 0.6) is 0 Å². The summed E-state index contributed by atoms with van der Waals surface area (Å²) in [6.07, 6.45) is 6.36. The van der Waals surface area contributed by atoms with E-state index >= 15 is 0 Å². The van der Waals surface area contributed by atoms with Crippen molar-refractivity contribution in [3.8, 4) is 0 Å². The van der Waals surface area contributed by atoms with Crippen LogP contribution in [0.4, 0.5) is 0 Å². The van der Waals surface area contributed by atoms with Crippen molar-refractivity contribution in [2.75, 3.05) is 0 Å². The molecule has 3 rings (SSSR count). The molecular weight excluding hydrogens is 84.1 g/mol. The molecule has 0 aromatic heterocycles. The van der Waals surface area contributed by atoms with Gasteiger partial charge in [0.25, 0.3) is 0 Å². The Morgan fingerprint density at radius 2 is 1.86 bits per heavy atom. The van der Waals surface area contributed by atoms with E-state index in [2.05, 4.69) is 0 Å². The Morgan fingerprint density at radius 3 is 1.86 bits per heavy atom. The lowest BCUT2D eigenvalue weighted by Crippen LogP contribution is -2.20. The number of rotatable bonds is 0. The van der Waals surface area contributed by atoms with E-state index in [1.165, 1.54) is 11.8 Å². The maximum Gasteiger partial charge on any atom is -0.0235 e. The molecule has 3 saturated carbocycles. The maximum absolute atomic E-state index is 1.61. The minimum Gasteiger partial charge on any atom is -0.0522 e. The minimum absolute atomic E-state index is 1.03. The highest BCUT2D eigenvalue weighted by molar-refractivity contribution is 5.26. The summed E-state index contributed by atoms with van der Waals surface area (Å²) in [7, 11) is 0. The van der Waals surface area contributed by atoms with Crippen molar-refractivity contribution >= 4 is 0 Å². The highest BCUT2D eigenvalue weighted by Crippen LogP contribution is 2.84. The van der Waals surface area contributed by atoms with Crippen LogP contribution in [0.2, 0.25) is 0 Å². The van der Waals surface area contributed by atoms with Gasteiger partial charge >= 0.3 is 0 Å². The van der Waals surface area contributed by atoms with Gasteiger partial charge in [-0.15, -0.1) is 0 Å². The van der Waals surface area contributed by atoms with Gasteiger partial charge in [0.1, 0.15) is 0 Å². The van der Waals surface area contributed by atoms with E-state index in [-0.39, 0.29) is 0 Å². The molecule has 0 saturated heterocycles. The van der Waals surface area contributed by atoms with E-state index in [0.29, 0.717) is 0 Å². The molecule has 2 atom stereocenters. The van der Waals surface area contributed by atoms with Gasteiger partial charge in [0.2, 0.25) is 0 Å². The van der Waals surface area contributed by atoms with Crippen molar-refractivity contribution in [2.45, 2.75) is 25.7 Å². The fraction of sp³-hybridized carbons (Fsp3) is 1.00. The van der Waals surface area contributed by atoms with Gasteiger partial charge in [-0.25, -0.2) is 0 Å². The van der Waals surface area contributed by atoms with Crippen LogP contribution in [-0.4, -0.2) is 0 Å². The molecule has 0 amide bonds. The van der Waals surface area contributed by atoms with Crippen LogP contribution >= 0.6 is 0 Å². The van der Waals surface area contributed by atoms with Crippen LogP contribution in [0.25, 0.3) is 0 Å². The van der Waals surface area contributed by atoms with Crippen molar-refractivity contribution in [1.82, 2.24) is 0 Å². The predicted molar refractivity (Wildman–Crippen MR) is 27.9 cm³/mol. The topological polar surface area (TPSA) is 0 Å². The second kappa shape index (κ2) is 0.586. The second-order valence-corrected chi connectivity index (χ2v) is 3.54. The molecule has 0 N–H and O–H groups in total. The largest absolute Gasteiger partial charge is 0.0522 e. The van der Waals surface area contributed by atoms with Gasteiger partial charge < -0.3 is 0 Å². The van der Waals surface area contributed by atoms with Crippen molar-refractivity contribution in [1.29, 1.82) is 0 Å². The third kappa shape index (κ3) is 0.167. The summed E-state index contributed by atoms with van der Waals surface area (Å²) in [4.78, 5) is 0. The van der Waals surface area contributed by atoms with Gasteiger partial charge in [0, 0.05) is 0 Å². The van der Waals surface area contributed by atoms with Crippen molar-refractivity contribution in [3.05, 3.63) is 0 Å². The molecule has 3 aliphatic rings. The number of hydrogen-bond donors (Lipinski definition) is 0. The zero-order chi connectivity index (χ0) is 4.48. The second-order valence-electron chi connectivity index (χ2n) is 3.54. The summed E-state index contributed by atoms with van der Waals surface area (Å²) in [5.41, 5.74) is 1.03. The van der Waals surface area contributed by atoms with E-state index in [0.717, 1.165) is 5.41 Å². The molecule has 0 aromatic carbocycles. The van der Waals surface area contributed by atoms with Gasteiger partial charge in [0.15, 0.2) is 0 Å². The number of fused-ring (bicyclic) bond motifs is 3. The Balaban J connectivity index is 1.95. The first kappa shape index (κ1) is 3.11. The molecule has 0 heteroatoms. The molecule has 38 valence electrons. The van der Waals surface area contributed by atoms with Crippen LogP contribution in [-0.2, 0) is 0 Å². The molecule has 3 fully saturated rings. The summed E-state index contributed by atoms with van der Waals surface area (Å²) < 4.78 is 0. The first-order valence-electron chi connectivity index (χ1n) is 3.43. The summed E-state index contributed by atoms with van der Waals surface area (Å²) >= 11 is 0.